The third-order valence-electron chi connectivity index (χ3n) is 5.53. The molecule has 3 rings (SSSR count). The van der Waals surface area contributed by atoms with Crippen molar-refractivity contribution in [1.29, 1.82) is 0 Å². The van der Waals surface area contributed by atoms with Gasteiger partial charge in [0.15, 0.2) is 0 Å². The van der Waals surface area contributed by atoms with E-state index in [1.165, 1.54) is 18.2 Å². The number of benzene rings is 1. The first-order valence-corrected chi connectivity index (χ1v) is 10.9. The Bertz CT molecular complexity index is 1170. The predicted molar refractivity (Wildman–Crippen MR) is 128 cm³/mol. The molecule has 1 aromatic heterocycles. The van der Waals surface area contributed by atoms with Crippen molar-refractivity contribution in [2.45, 2.75) is 31.0 Å². The van der Waals surface area contributed by atoms with Crippen molar-refractivity contribution in [2.24, 2.45) is 0 Å². The van der Waals surface area contributed by atoms with E-state index in [-0.39, 0.29) is 97.9 Å². The summed E-state index contributed by atoms with van der Waals surface area (Å²) in [4.78, 5) is 17.6. The van der Waals surface area contributed by atoms with Gasteiger partial charge in [-0.3, -0.25) is 11.8 Å². The first-order valence-electron chi connectivity index (χ1n) is 10.9. The Hall–Kier alpha value is -1.19. The van der Waals surface area contributed by atoms with Crippen molar-refractivity contribution in [1.82, 2.24) is 15.2 Å². The van der Waals surface area contributed by atoms with E-state index >= 15 is 0 Å². The monoisotopic (exact) mass is 624 g/mol. The van der Waals surface area contributed by atoms with Crippen LogP contribution in [0.4, 0.5) is 23.2 Å². The summed E-state index contributed by atoms with van der Waals surface area (Å²) in [7, 11) is 5.45. The molecule has 36 heavy (non-hydrogen) atoms. The fraction of sp³-hybridized carbons (Fsp3) is 0.320. The summed E-state index contributed by atoms with van der Waals surface area (Å²) in [6.07, 6.45) is -0.214. The van der Waals surface area contributed by atoms with Gasteiger partial charge in [-0.1, -0.05) is 24.8 Å². The second kappa shape index (κ2) is 13.1. The summed E-state index contributed by atoms with van der Waals surface area (Å²) < 4.78 is 54.1. The Morgan fingerprint density at radius 1 is 1.33 bits per heavy atom. The predicted octanol–water partition coefficient (Wildman–Crippen LogP) is 1.80. The summed E-state index contributed by atoms with van der Waals surface area (Å²) in [5.74, 6) is -0.496. The number of rotatable bonds is 10. The average Bonchev–Trinajstić information content (AvgIpc) is 3.56. The molecule has 0 spiro atoms. The minimum atomic E-state index is -4.71. The second-order valence-electron chi connectivity index (χ2n) is 8.51. The molecule has 0 bridgehead atoms. The van der Waals surface area contributed by atoms with Gasteiger partial charge in [-0.05, 0) is 44.6 Å². The molecule has 0 atom stereocenters. The minimum Gasteiger partial charge on any atom is -0.461 e. The molecule has 6 nitrogen and oxygen atoms in total. The molecule has 0 unspecified atom stereocenters. The van der Waals surface area contributed by atoms with Crippen LogP contribution in [0.15, 0.2) is 48.9 Å². The third kappa shape index (κ3) is 8.15. The van der Waals surface area contributed by atoms with Gasteiger partial charge in [-0.15, -0.1) is 0 Å². The number of amides is 1. The Morgan fingerprint density at radius 3 is 2.61 bits per heavy atom. The molecular weight excluding hydrogens is 597 g/mol. The van der Waals surface area contributed by atoms with Gasteiger partial charge in [-0.25, -0.2) is 9.37 Å². The van der Waals surface area contributed by atoms with E-state index in [0.717, 1.165) is 0 Å². The van der Waals surface area contributed by atoms with E-state index < -0.39 is 23.3 Å². The molecule has 1 fully saturated rings. The summed E-state index contributed by atoms with van der Waals surface area (Å²) in [5, 5.41) is 15.9. The summed E-state index contributed by atoms with van der Waals surface area (Å²) >= 11 is 0. The van der Waals surface area contributed by atoms with E-state index in [2.05, 4.69) is 29.2 Å². The molecule has 0 saturated heterocycles. The number of pyridine rings is 1. The number of alkyl halides is 3. The minimum absolute atomic E-state index is 0. The number of nitrogens with one attached hydrogen (secondary N) is 2. The number of carbonyl (C=O) groups excluding carboxylic acids is 1. The number of hydrogen-bond donors (Lipinski definition) is 3. The second-order valence-corrected chi connectivity index (χ2v) is 8.51. The maximum Gasteiger partial charge on any atom is 1.00 e. The van der Waals surface area contributed by atoms with E-state index in [4.69, 9.17) is 0 Å². The molecule has 0 aliphatic heterocycles. The standard InChI is InChI=1S/C25H27F4N4O2.Cs/c1-16(25(27,28)29)22-19-7-4-8-21(31-18(15-26)9-13-33(2)3)20(19)14-17(32-22)6-5-12-30-23(34)24(35)10-11-24;/h4-8,14-15,31,35H,1-2,9-13H2,3H3,(H,30,34);/q-1;+1/b6-5+,18-15-;. The van der Waals surface area contributed by atoms with E-state index in [0.29, 0.717) is 43.2 Å². The van der Waals surface area contributed by atoms with Gasteiger partial charge in [0.1, 0.15) is 11.9 Å². The molecule has 3 N–H and O–H groups in total. The average molecular weight is 624 g/mol. The zero-order valence-corrected chi connectivity index (χ0v) is 26.5. The van der Waals surface area contributed by atoms with Crippen molar-refractivity contribution < 1.29 is 96.4 Å². The third-order valence-corrected chi connectivity index (χ3v) is 5.53. The van der Waals surface area contributed by atoms with Gasteiger partial charge in [0.2, 0.25) is 0 Å². The van der Waals surface area contributed by atoms with Crippen molar-refractivity contribution in [3.05, 3.63) is 67.4 Å². The molecule has 11 heteroatoms. The van der Waals surface area contributed by atoms with Gasteiger partial charge in [0.25, 0.3) is 5.91 Å². The molecule has 2 aromatic rings. The number of allylic oxidation sites excluding steroid dienone is 1. The number of fused-ring (bicyclic) bond motifs is 1. The molecule has 1 aliphatic carbocycles. The fourth-order valence-corrected chi connectivity index (χ4v) is 3.33. The summed E-state index contributed by atoms with van der Waals surface area (Å²) in [6, 6.07) is 6.24. The summed E-state index contributed by atoms with van der Waals surface area (Å²) in [5.41, 5.74) is -1.96. The van der Waals surface area contributed by atoms with E-state index in [1.54, 1.807) is 30.1 Å². The molecule has 188 valence electrons. The van der Waals surface area contributed by atoms with Crippen LogP contribution >= 0.6 is 0 Å². The van der Waals surface area contributed by atoms with Crippen LogP contribution in [0.5, 0.6) is 0 Å². The quantitative estimate of drug-likeness (QED) is 0.278. The molecular formula is C25H27CsF4N4O2. The van der Waals surface area contributed by atoms with Gasteiger partial charge in [0, 0.05) is 35.1 Å². The van der Waals surface area contributed by atoms with E-state index in [1.807, 2.05) is 0 Å². The van der Waals surface area contributed by atoms with Crippen LogP contribution in [0, 0.1) is 7.05 Å². The van der Waals surface area contributed by atoms with Gasteiger partial charge < -0.3 is 20.6 Å². The number of anilines is 1. The number of aromatic nitrogens is 1. The normalized spacial score (nSPS) is 15.2. The van der Waals surface area contributed by atoms with Crippen LogP contribution < -0.4 is 79.5 Å². The van der Waals surface area contributed by atoms with Crippen molar-refractivity contribution in [3.8, 4) is 0 Å². The maximum absolute atomic E-state index is 13.5. The van der Waals surface area contributed by atoms with Crippen LogP contribution in [0.1, 0.15) is 30.7 Å². The van der Waals surface area contributed by atoms with Crippen LogP contribution in [-0.2, 0) is 4.79 Å². The Morgan fingerprint density at radius 2 is 2.03 bits per heavy atom. The molecule has 1 amide bonds. The number of hydrogen-bond acceptors (Lipinski definition) is 5. The Balaban J connectivity index is 0.00000456. The summed E-state index contributed by atoms with van der Waals surface area (Å²) in [6.45, 7) is 3.71. The van der Waals surface area contributed by atoms with Crippen LogP contribution in [0.2, 0.25) is 0 Å². The molecule has 1 aliphatic rings. The molecule has 1 aromatic carbocycles. The SMILES string of the molecule is C=C(c1nc(/C=C/CNC(=O)C2(O)CC2)cc2c(N/C(=C\F)CCN([CH2-])C)cccc12)C(F)(F)F.[Cs+]. The van der Waals surface area contributed by atoms with Gasteiger partial charge in [-0.2, -0.15) is 13.2 Å². The first kappa shape index (κ1) is 31.0. The smallest absolute Gasteiger partial charge is 0.461 e. The topological polar surface area (TPSA) is 77.5 Å². The number of carbonyl (C=O) groups is 1. The number of aliphatic hydroxyl groups is 1. The van der Waals surface area contributed by atoms with Crippen molar-refractivity contribution in [3.63, 3.8) is 0 Å². The molecule has 0 radical (unpaired) electrons. The van der Waals surface area contributed by atoms with Crippen LogP contribution in [0.25, 0.3) is 22.4 Å². The number of halogens is 4. The zero-order chi connectivity index (χ0) is 25.8. The Labute approximate surface area is 266 Å². The van der Waals surface area contributed by atoms with Crippen LogP contribution in [0.3, 0.4) is 0 Å². The van der Waals surface area contributed by atoms with Crippen molar-refractivity contribution >= 4 is 34.0 Å². The van der Waals surface area contributed by atoms with E-state index in [9.17, 15) is 27.5 Å². The zero-order valence-electron chi connectivity index (χ0n) is 20.3. The largest absolute Gasteiger partial charge is 1.00 e. The van der Waals surface area contributed by atoms with Crippen molar-refractivity contribution in [2.75, 3.05) is 25.5 Å². The van der Waals surface area contributed by atoms with Gasteiger partial charge in [0.05, 0.1) is 17.0 Å². The fourth-order valence-electron chi connectivity index (χ4n) is 3.33. The molecule has 1 heterocycles. The van der Waals surface area contributed by atoms with Gasteiger partial charge >= 0.3 is 75.1 Å². The Kier molecular flexibility index (Phi) is 11.3. The first-order chi connectivity index (χ1) is 16.4. The number of nitrogens with zero attached hydrogens (tertiary/aromatic N) is 2. The molecule has 1 saturated carbocycles. The maximum atomic E-state index is 13.5. The van der Waals surface area contributed by atoms with Crippen LogP contribution in [-0.4, -0.2) is 52.8 Å².